The van der Waals surface area contributed by atoms with E-state index in [4.69, 9.17) is 0 Å². The second kappa shape index (κ2) is 4.98. The molecule has 0 aliphatic carbocycles. The van der Waals surface area contributed by atoms with E-state index in [-0.39, 0.29) is 23.3 Å². The number of unbranched alkanes of at least 4 members (excludes halogenated alkanes) is 2. The minimum Gasteiger partial charge on any atom is -0.278 e. The van der Waals surface area contributed by atoms with Crippen LogP contribution >= 0.6 is 0 Å². The summed E-state index contributed by atoms with van der Waals surface area (Å²) in [5.74, 6) is 0.0195. The Kier molecular flexibility index (Phi) is 4.11. The number of rotatable bonds is 4. The third kappa shape index (κ3) is 2.83. The molecule has 1 heterocycles. The van der Waals surface area contributed by atoms with Crippen LogP contribution in [0.1, 0.15) is 59.8 Å². The van der Waals surface area contributed by atoms with E-state index in [0.717, 1.165) is 19.3 Å². The number of hydrogen-bond acceptors (Lipinski definition) is 2. The fraction of sp³-hybridized carbons (Fsp3) is 0.846. The van der Waals surface area contributed by atoms with Crippen LogP contribution < -0.4 is 0 Å². The van der Waals surface area contributed by atoms with Crippen LogP contribution in [0.5, 0.6) is 0 Å². The molecule has 0 N–H and O–H groups in total. The number of imide groups is 1. The number of hydrogen-bond donors (Lipinski definition) is 0. The Bertz CT molecular complexity index is 278. The zero-order valence-corrected chi connectivity index (χ0v) is 10.9. The summed E-state index contributed by atoms with van der Waals surface area (Å²) >= 11 is 0. The van der Waals surface area contributed by atoms with Gasteiger partial charge in [0.2, 0.25) is 11.8 Å². The van der Waals surface area contributed by atoms with Crippen molar-refractivity contribution in [3.63, 3.8) is 0 Å². The Morgan fingerprint density at radius 2 is 2.00 bits per heavy atom. The van der Waals surface area contributed by atoms with Crippen molar-refractivity contribution < 1.29 is 9.59 Å². The molecule has 16 heavy (non-hydrogen) atoms. The summed E-state index contributed by atoms with van der Waals surface area (Å²) in [7, 11) is 0. The highest BCUT2D eigenvalue weighted by Gasteiger charge is 2.46. The first-order chi connectivity index (χ1) is 7.38. The van der Waals surface area contributed by atoms with Crippen molar-refractivity contribution in [1.29, 1.82) is 0 Å². The molecule has 2 amide bonds. The lowest BCUT2D eigenvalue weighted by Gasteiger charge is -2.46. The summed E-state index contributed by atoms with van der Waals surface area (Å²) in [5, 5.41) is 0. The Morgan fingerprint density at radius 3 is 2.44 bits per heavy atom. The van der Waals surface area contributed by atoms with Crippen LogP contribution in [-0.4, -0.2) is 22.8 Å². The molecule has 3 heteroatoms. The number of carbonyl (C=O) groups excluding carboxylic acids is 2. The molecule has 1 saturated heterocycles. The van der Waals surface area contributed by atoms with Gasteiger partial charge in [0.1, 0.15) is 0 Å². The lowest BCUT2D eigenvalue weighted by molar-refractivity contribution is -0.163. The number of carbonyl (C=O) groups is 2. The van der Waals surface area contributed by atoms with Gasteiger partial charge in [-0.25, -0.2) is 0 Å². The molecule has 1 unspecified atom stereocenters. The molecule has 3 nitrogen and oxygen atoms in total. The molecule has 92 valence electrons. The van der Waals surface area contributed by atoms with Crippen molar-refractivity contribution in [3.8, 4) is 0 Å². The maximum atomic E-state index is 11.9. The van der Waals surface area contributed by atoms with Crippen LogP contribution in [0.4, 0.5) is 0 Å². The van der Waals surface area contributed by atoms with E-state index in [1.165, 1.54) is 4.90 Å². The molecule has 0 radical (unpaired) electrons. The second-order valence-corrected chi connectivity index (χ2v) is 5.70. The Labute approximate surface area is 98.2 Å². The van der Waals surface area contributed by atoms with Crippen LogP contribution in [0.25, 0.3) is 0 Å². The summed E-state index contributed by atoms with van der Waals surface area (Å²) in [6.45, 7) is 8.35. The molecule has 0 bridgehead atoms. The second-order valence-electron chi connectivity index (χ2n) is 5.70. The molecule has 1 aliphatic heterocycles. The first-order valence-electron chi connectivity index (χ1n) is 6.22. The topological polar surface area (TPSA) is 37.4 Å². The van der Waals surface area contributed by atoms with E-state index in [0.29, 0.717) is 12.8 Å². The van der Waals surface area contributed by atoms with Crippen molar-refractivity contribution in [3.05, 3.63) is 0 Å². The zero-order chi connectivity index (χ0) is 12.3. The Hall–Kier alpha value is -0.860. The molecule has 1 rings (SSSR count). The molecule has 0 aromatic heterocycles. The van der Waals surface area contributed by atoms with Gasteiger partial charge in [-0.2, -0.15) is 0 Å². The quantitative estimate of drug-likeness (QED) is 0.545. The summed E-state index contributed by atoms with van der Waals surface area (Å²) < 4.78 is 0. The number of β-lactam (4-membered cyclic amide) rings is 1. The first kappa shape index (κ1) is 13.2. The zero-order valence-electron chi connectivity index (χ0n) is 10.9. The molecule has 0 aromatic rings. The van der Waals surface area contributed by atoms with Crippen LogP contribution in [0.2, 0.25) is 0 Å². The normalized spacial score (nSPS) is 20.9. The van der Waals surface area contributed by atoms with Crippen molar-refractivity contribution in [2.45, 2.75) is 65.8 Å². The minimum absolute atomic E-state index is 0.00132. The van der Waals surface area contributed by atoms with Crippen molar-refractivity contribution in [2.24, 2.45) is 5.41 Å². The van der Waals surface area contributed by atoms with Gasteiger partial charge in [-0.3, -0.25) is 14.5 Å². The van der Waals surface area contributed by atoms with Crippen LogP contribution in [0, 0.1) is 5.41 Å². The Balaban J connectivity index is 2.51. The van der Waals surface area contributed by atoms with Gasteiger partial charge < -0.3 is 0 Å². The highest BCUT2D eigenvalue weighted by atomic mass is 16.2. The van der Waals surface area contributed by atoms with Gasteiger partial charge in [-0.15, -0.1) is 0 Å². The summed E-state index contributed by atoms with van der Waals surface area (Å²) in [4.78, 5) is 24.8. The molecule has 0 aromatic carbocycles. The van der Waals surface area contributed by atoms with E-state index in [1.807, 2.05) is 0 Å². The molecule has 1 fully saturated rings. The standard InChI is InChI=1S/C13H23NO2/c1-5-6-7-8-11(15)14-10(9-12(14)16)13(2,3)4/h10H,5-9H2,1-4H3. The third-order valence-electron chi connectivity index (χ3n) is 3.21. The molecular weight excluding hydrogens is 202 g/mol. The number of likely N-dealkylation sites (tertiary alicyclic amines) is 1. The number of nitrogens with zero attached hydrogens (tertiary/aromatic N) is 1. The summed E-state index contributed by atoms with van der Waals surface area (Å²) in [6, 6.07) is 0.106. The third-order valence-corrected chi connectivity index (χ3v) is 3.21. The minimum atomic E-state index is 0.00132. The summed E-state index contributed by atoms with van der Waals surface area (Å²) in [5.41, 5.74) is 0.00826. The molecule has 0 spiro atoms. The van der Waals surface area contributed by atoms with E-state index in [1.54, 1.807) is 0 Å². The highest BCUT2D eigenvalue weighted by Crippen LogP contribution is 2.35. The van der Waals surface area contributed by atoms with E-state index in [2.05, 4.69) is 27.7 Å². The SMILES string of the molecule is CCCCCC(=O)N1C(=O)CC1C(C)(C)C. The maximum absolute atomic E-state index is 11.9. The van der Waals surface area contributed by atoms with Gasteiger partial charge in [-0.05, 0) is 11.8 Å². The lowest BCUT2D eigenvalue weighted by atomic mass is 9.78. The van der Waals surface area contributed by atoms with E-state index in [9.17, 15) is 9.59 Å². The lowest BCUT2D eigenvalue weighted by Crippen LogP contribution is -2.60. The predicted octanol–water partition coefficient (Wildman–Crippen LogP) is 2.74. The maximum Gasteiger partial charge on any atom is 0.231 e. The molecule has 0 saturated carbocycles. The molecule has 1 atom stereocenters. The van der Waals surface area contributed by atoms with Crippen LogP contribution in [0.15, 0.2) is 0 Å². The van der Waals surface area contributed by atoms with Gasteiger partial charge in [-0.1, -0.05) is 40.5 Å². The van der Waals surface area contributed by atoms with Gasteiger partial charge in [0, 0.05) is 12.8 Å². The Morgan fingerprint density at radius 1 is 1.38 bits per heavy atom. The monoisotopic (exact) mass is 225 g/mol. The van der Waals surface area contributed by atoms with E-state index >= 15 is 0 Å². The smallest absolute Gasteiger partial charge is 0.231 e. The predicted molar refractivity (Wildman–Crippen MR) is 63.9 cm³/mol. The summed E-state index contributed by atoms with van der Waals surface area (Å²) in [6.07, 6.45) is 4.11. The molecule has 1 aliphatic rings. The van der Waals surface area contributed by atoms with Gasteiger partial charge >= 0.3 is 0 Å². The number of amides is 2. The average Bonchev–Trinajstić information content (AvgIpc) is 2.12. The van der Waals surface area contributed by atoms with Gasteiger partial charge in [0.25, 0.3) is 0 Å². The van der Waals surface area contributed by atoms with Crippen molar-refractivity contribution in [1.82, 2.24) is 4.90 Å². The van der Waals surface area contributed by atoms with E-state index < -0.39 is 0 Å². The van der Waals surface area contributed by atoms with Crippen LogP contribution in [0.3, 0.4) is 0 Å². The first-order valence-corrected chi connectivity index (χ1v) is 6.22. The van der Waals surface area contributed by atoms with Gasteiger partial charge in [0.15, 0.2) is 0 Å². The van der Waals surface area contributed by atoms with Crippen molar-refractivity contribution >= 4 is 11.8 Å². The fourth-order valence-corrected chi connectivity index (χ4v) is 2.07. The largest absolute Gasteiger partial charge is 0.278 e. The molecular formula is C13H23NO2. The van der Waals surface area contributed by atoms with Crippen molar-refractivity contribution in [2.75, 3.05) is 0 Å². The highest BCUT2D eigenvalue weighted by molar-refractivity contribution is 6.00. The van der Waals surface area contributed by atoms with Crippen LogP contribution in [-0.2, 0) is 9.59 Å². The average molecular weight is 225 g/mol. The fourth-order valence-electron chi connectivity index (χ4n) is 2.07. The van der Waals surface area contributed by atoms with Gasteiger partial charge in [0.05, 0.1) is 6.04 Å².